The summed E-state index contributed by atoms with van der Waals surface area (Å²) >= 11 is 11.9. The van der Waals surface area contributed by atoms with Gasteiger partial charge in [0, 0.05) is 13.1 Å². The van der Waals surface area contributed by atoms with E-state index in [0.29, 0.717) is 10.2 Å². The lowest BCUT2D eigenvalue weighted by molar-refractivity contribution is 0.316. The van der Waals surface area contributed by atoms with Crippen molar-refractivity contribution in [1.29, 1.82) is 0 Å². The maximum absolute atomic E-state index is 6.06. The molecular formula is C11H14Cl2N2. The molecule has 4 heteroatoms. The summed E-state index contributed by atoms with van der Waals surface area (Å²) in [7, 11) is 0. The van der Waals surface area contributed by atoms with Crippen molar-refractivity contribution >= 4 is 23.2 Å². The molecule has 0 aliphatic carbocycles. The Morgan fingerprint density at radius 3 is 2.93 bits per heavy atom. The molecule has 0 radical (unpaired) electrons. The predicted octanol–water partition coefficient (Wildman–Crippen LogP) is 3.23. The van der Waals surface area contributed by atoms with E-state index in [1.54, 1.807) is 6.07 Å². The second-order valence-electron chi connectivity index (χ2n) is 4.19. The van der Waals surface area contributed by atoms with Crippen LogP contribution in [0.15, 0.2) is 12.1 Å². The maximum Gasteiger partial charge on any atom is 0.129 e. The van der Waals surface area contributed by atoms with Crippen LogP contribution in [0.2, 0.25) is 10.2 Å². The Morgan fingerprint density at radius 1 is 1.47 bits per heavy atom. The van der Waals surface area contributed by atoms with Crippen LogP contribution >= 0.6 is 23.2 Å². The lowest BCUT2D eigenvalue weighted by Crippen LogP contribution is -2.20. The Labute approximate surface area is 100 Å². The third kappa shape index (κ3) is 2.83. The first-order valence-electron chi connectivity index (χ1n) is 5.18. The molecule has 82 valence electrons. The van der Waals surface area contributed by atoms with Gasteiger partial charge in [-0.1, -0.05) is 30.1 Å². The molecule has 2 nitrogen and oxygen atoms in total. The van der Waals surface area contributed by atoms with E-state index >= 15 is 0 Å². The third-order valence-corrected chi connectivity index (χ3v) is 3.32. The van der Waals surface area contributed by atoms with Crippen LogP contribution in [0.3, 0.4) is 0 Å². The molecule has 2 heterocycles. The molecular weight excluding hydrogens is 231 g/mol. The van der Waals surface area contributed by atoms with Crippen LogP contribution in [0.1, 0.15) is 19.0 Å². The number of pyridine rings is 1. The molecule has 1 atom stereocenters. The molecule has 1 aliphatic rings. The highest BCUT2D eigenvalue weighted by atomic mass is 35.5. The van der Waals surface area contributed by atoms with Crippen LogP contribution in [0.4, 0.5) is 0 Å². The lowest BCUT2D eigenvalue weighted by Gasteiger charge is -2.15. The Morgan fingerprint density at radius 2 is 2.27 bits per heavy atom. The summed E-state index contributed by atoms with van der Waals surface area (Å²) in [5.74, 6) is 0.781. The van der Waals surface area contributed by atoms with Crippen LogP contribution in [0, 0.1) is 5.92 Å². The standard InChI is InChI=1S/C11H14Cl2N2/c1-8-4-5-15(6-8)7-10-9(12)2-3-11(13)14-10/h2-3,8H,4-7H2,1H3. The molecule has 0 bridgehead atoms. The van der Waals surface area contributed by atoms with Crippen LogP contribution in [-0.4, -0.2) is 23.0 Å². The number of likely N-dealkylation sites (tertiary alicyclic amines) is 1. The molecule has 1 saturated heterocycles. The topological polar surface area (TPSA) is 16.1 Å². The molecule has 1 aliphatic heterocycles. The molecule has 0 amide bonds. The summed E-state index contributed by atoms with van der Waals surface area (Å²) in [5, 5.41) is 1.22. The van der Waals surface area contributed by atoms with E-state index in [2.05, 4.69) is 16.8 Å². The van der Waals surface area contributed by atoms with E-state index in [9.17, 15) is 0 Å². The van der Waals surface area contributed by atoms with Gasteiger partial charge in [0.2, 0.25) is 0 Å². The van der Waals surface area contributed by atoms with Gasteiger partial charge >= 0.3 is 0 Å². The number of nitrogens with zero attached hydrogens (tertiary/aromatic N) is 2. The van der Waals surface area contributed by atoms with E-state index in [0.717, 1.165) is 31.2 Å². The predicted molar refractivity (Wildman–Crippen MR) is 63.3 cm³/mol. The Balaban J connectivity index is 2.07. The van der Waals surface area contributed by atoms with Crippen LogP contribution in [0.25, 0.3) is 0 Å². The van der Waals surface area contributed by atoms with Crippen molar-refractivity contribution < 1.29 is 0 Å². The number of hydrogen-bond donors (Lipinski definition) is 0. The van der Waals surface area contributed by atoms with Crippen molar-refractivity contribution in [2.45, 2.75) is 19.9 Å². The van der Waals surface area contributed by atoms with Gasteiger partial charge < -0.3 is 0 Å². The van der Waals surface area contributed by atoms with Gasteiger partial charge in [0.15, 0.2) is 0 Å². The molecule has 1 fully saturated rings. The highest BCUT2D eigenvalue weighted by Crippen LogP contribution is 2.22. The minimum Gasteiger partial charge on any atom is -0.297 e. The van der Waals surface area contributed by atoms with Crippen LogP contribution in [0.5, 0.6) is 0 Å². The maximum atomic E-state index is 6.06. The largest absolute Gasteiger partial charge is 0.297 e. The SMILES string of the molecule is CC1CCN(Cc2nc(Cl)ccc2Cl)C1. The molecule has 1 aromatic rings. The highest BCUT2D eigenvalue weighted by Gasteiger charge is 2.19. The molecule has 0 aromatic carbocycles. The number of hydrogen-bond acceptors (Lipinski definition) is 2. The quantitative estimate of drug-likeness (QED) is 0.743. The number of aromatic nitrogens is 1. The van der Waals surface area contributed by atoms with Crippen molar-refractivity contribution in [2.75, 3.05) is 13.1 Å². The monoisotopic (exact) mass is 244 g/mol. The molecule has 1 unspecified atom stereocenters. The fourth-order valence-electron chi connectivity index (χ4n) is 1.95. The van der Waals surface area contributed by atoms with E-state index in [1.165, 1.54) is 6.42 Å². The van der Waals surface area contributed by atoms with Gasteiger partial charge in [0.1, 0.15) is 5.15 Å². The van der Waals surface area contributed by atoms with Gasteiger partial charge in [-0.25, -0.2) is 4.98 Å². The summed E-state index contributed by atoms with van der Waals surface area (Å²) in [5.41, 5.74) is 0.887. The molecule has 0 spiro atoms. The number of rotatable bonds is 2. The summed E-state index contributed by atoms with van der Waals surface area (Å²) in [6.45, 7) is 5.34. The zero-order valence-electron chi connectivity index (χ0n) is 8.71. The fraction of sp³-hybridized carbons (Fsp3) is 0.545. The van der Waals surface area contributed by atoms with Crippen molar-refractivity contribution in [3.63, 3.8) is 0 Å². The van der Waals surface area contributed by atoms with E-state index in [4.69, 9.17) is 23.2 Å². The van der Waals surface area contributed by atoms with Crippen LogP contribution in [-0.2, 0) is 6.54 Å². The molecule has 15 heavy (non-hydrogen) atoms. The summed E-state index contributed by atoms with van der Waals surface area (Å²) in [6, 6.07) is 3.53. The van der Waals surface area contributed by atoms with Gasteiger partial charge in [0.05, 0.1) is 10.7 Å². The van der Waals surface area contributed by atoms with Crippen molar-refractivity contribution in [1.82, 2.24) is 9.88 Å². The van der Waals surface area contributed by atoms with Gasteiger partial charge in [-0.3, -0.25) is 4.90 Å². The highest BCUT2D eigenvalue weighted by molar-refractivity contribution is 6.32. The summed E-state index contributed by atoms with van der Waals surface area (Å²) in [6.07, 6.45) is 1.26. The lowest BCUT2D eigenvalue weighted by atomic mass is 10.2. The summed E-state index contributed by atoms with van der Waals surface area (Å²) < 4.78 is 0. The van der Waals surface area contributed by atoms with Crippen LogP contribution < -0.4 is 0 Å². The Kier molecular flexibility index (Phi) is 3.49. The minimum absolute atomic E-state index is 0.515. The van der Waals surface area contributed by atoms with Gasteiger partial charge in [-0.15, -0.1) is 0 Å². The van der Waals surface area contributed by atoms with Gasteiger partial charge in [-0.05, 0) is 31.0 Å². The molecule has 2 rings (SSSR count). The third-order valence-electron chi connectivity index (χ3n) is 2.77. The molecule has 0 N–H and O–H groups in total. The Hall–Kier alpha value is -0.310. The normalized spacial score (nSPS) is 22.2. The van der Waals surface area contributed by atoms with E-state index in [1.807, 2.05) is 6.07 Å². The van der Waals surface area contributed by atoms with Crippen molar-refractivity contribution in [3.05, 3.63) is 28.0 Å². The van der Waals surface area contributed by atoms with E-state index < -0.39 is 0 Å². The number of halogens is 2. The zero-order valence-corrected chi connectivity index (χ0v) is 10.2. The van der Waals surface area contributed by atoms with E-state index in [-0.39, 0.29) is 0 Å². The summed E-state index contributed by atoms with van der Waals surface area (Å²) in [4.78, 5) is 6.62. The Bertz CT molecular complexity index is 354. The average Bonchev–Trinajstić information content (AvgIpc) is 2.58. The first-order valence-corrected chi connectivity index (χ1v) is 5.94. The zero-order chi connectivity index (χ0) is 10.8. The second kappa shape index (κ2) is 4.69. The fourth-order valence-corrected chi connectivity index (χ4v) is 2.28. The first-order chi connectivity index (χ1) is 7.15. The second-order valence-corrected chi connectivity index (χ2v) is 4.99. The molecule has 1 aromatic heterocycles. The van der Waals surface area contributed by atoms with Gasteiger partial charge in [0.25, 0.3) is 0 Å². The van der Waals surface area contributed by atoms with Gasteiger partial charge in [-0.2, -0.15) is 0 Å². The van der Waals surface area contributed by atoms with Crippen molar-refractivity contribution in [2.24, 2.45) is 5.92 Å². The minimum atomic E-state index is 0.515. The average molecular weight is 245 g/mol. The van der Waals surface area contributed by atoms with Crippen molar-refractivity contribution in [3.8, 4) is 0 Å². The first kappa shape index (κ1) is 11.2. The smallest absolute Gasteiger partial charge is 0.129 e. The molecule has 0 saturated carbocycles.